The van der Waals surface area contributed by atoms with Gasteiger partial charge in [-0.1, -0.05) is 23.2 Å². The molecule has 2 aromatic rings. The zero-order chi connectivity index (χ0) is 8.72. The third kappa shape index (κ3) is 1.55. The molecule has 0 N–H and O–H groups in total. The molecule has 0 unspecified atom stereocenters. The van der Waals surface area contributed by atoms with Gasteiger partial charge in [0.1, 0.15) is 0 Å². The lowest BCUT2D eigenvalue weighted by atomic mass is 10.3. The van der Waals surface area contributed by atoms with Crippen molar-refractivity contribution in [3.8, 4) is 0 Å². The van der Waals surface area contributed by atoms with Gasteiger partial charge in [-0.2, -0.15) is 0 Å². The van der Waals surface area contributed by atoms with Gasteiger partial charge in [0.2, 0.25) is 0 Å². The van der Waals surface area contributed by atoms with Crippen LogP contribution >= 0.6 is 57.1 Å². The minimum absolute atomic E-state index is 0.561. The van der Waals surface area contributed by atoms with Crippen molar-refractivity contribution in [1.29, 1.82) is 0 Å². The predicted octanol–water partition coefficient (Wildman–Crippen LogP) is 4.21. The second-order valence-electron chi connectivity index (χ2n) is 2.20. The molecule has 0 aliphatic carbocycles. The smallest absolute Gasteiger partial charge is 0.155 e. The predicted molar refractivity (Wildman–Crippen MR) is 62.4 cm³/mol. The number of thiazole rings is 1. The molecule has 0 fully saturated rings. The Balaban J connectivity index is 2.83. The molecule has 0 aliphatic heterocycles. The number of rotatable bonds is 0. The third-order valence-corrected chi connectivity index (χ3v) is 3.83. The number of hydrogen-bond acceptors (Lipinski definition) is 2. The van der Waals surface area contributed by atoms with Crippen LogP contribution in [0.5, 0.6) is 0 Å². The van der Waals surface area contributed by atoms with Crippen LogP contribution in [0, 0.1) is 3.01 Å². The van der Waals surface area contributed by atoms with E-state index in [1.165, 1.54) is 0 Å². The summed E-state index contributed by atoms with van der Waals surface area (Å²) in [6.45, 7) is 0. The quantitative estimate of drug-likeness (QED) is 0.660. The van der Waals surface area contributed by atoms with Crippen LogP contribution in [-0.4, -0.2) is 4.98 Å². The van der Waals surface area contributed by atoms with E-state index >= 15 is 0 Å². The van der Waals surface area contributed by atoms with Crippen molar-refractivity contribution >= 4 is 67.3 Å². The van der Waals surface area contributed by atoms with E-state index in [1.807, 2.05) is 6.07 Å². The van der Waals surface area contributed by atoms with Crippen molar-refractivity contribution in [1.82, 2.24) is 4.98 Å². The van der Waals surface area contributed by atoms with Gasteiger partial charge in [-0.05, 0) is 34.7 Å². The Hall–Kier alpha value is 0.420. The zero-order valence-electron chi connectivity index (χ0n) is 5.64. The van der Waals surface area contributed by atoms with E-state index < -0.39 is 0 Å². The summed E-state index contributed by atoms with van der Waals surface area (Å²) < 4.78 is 2.08. The van der Waals surface area contributed by atoms with Crippen LogP contribution in [0.1, 0.15) is 0 Å². The molecule has 0 amide bonds. The van der Waals surface area contributed by atoms with Crippen LogP contribution < -0.4 is 0 Å². The maximum atomic E-state index is 5.84. The number of fused-ring (bicyclic) bond motifs is 1. The van der Waals surface area contributed by atoms with E-state index in [2.05, 4.69) is 27.6 Å². The second kappa shape index (κ2) is 3.29. The molecule has 0 radical (unpaired) electrons. The molecule has 1 aromatic carbocycles. The van der Waals surface area contributed by atoms with E-state index in [-0.39, 0.29) is 0 Å². The highest BCUT2D eigenvalue weighted by Gasteiger charge is 2.04. The summed E-state index contributed by atoms with van der Waals surface area (Å²) in [7, 11) is 0. The average molecular weight is 330 g/mol. The molecule has 0 saturated heterocycles. The lowest BCUT2D eigenvalue weighted by Gasteiger charge is -1.92. The second-order valence-corrected chi connectivity index (χ2v) is 5.80. The SMILES string of the molecule is Clc1cc2nc(I)sc2cc1Cl. The van der Waals surface area contributed by atoms with E-state index in [4.69, 9.17) is 23.2 Å². The van der Waals surface area contributed by atoms with Gasteiger partial charge in [0.15, 0.2) is 3.01 Å². The summed E-state index contributed by atoms with van der Waals surface area (Å²) >= 11 is 15.5. The van der Waals surface area contributed by atoms with Crippen LogP contribution in [0.2, 0.25) is 10.0 Å². The topological polar surface area (TPSA) is 12.9 Å². The van der Waals surface area contributed by atoms with Crippen molar-refractivity contribution in [2.24, 2.45) is 0 Å². The summed E-state index contributed by atoms with van der Waals surface area (Å²) in [6, 6.07) is 3.64. The number of hydrogen-bond donors (Lipinski definition) is 0. The highest BCUT2D eigenvalue weighted by atomic mass is 127. The minimum atomic E-state index is 0.561. The van der Waals surface area contributed by atoms with Crippen molar-refractivity contribution < 1.29 is 0 Å². The molecule has 1 nitrogen and oxygen atoms in total. The average Bonchev–Trinajstić information content (AvgIpc) is 2.30. The Morgan fingerprint density at radius 1 is 1.25 bits per heavy atom. The van der Waals surface area contributed by atoms with Crippen LogP contribution in [0.15, 0.2) is 12.1 Å². The van der Waals surface area contributed by atoms with E-state index in [0.29, 0.717) is 10.0 Å². The summed E-state index contributed by atoms with van der Waals surface area (Å²) in [4.78, 5) is 4.28. The highest BCUT2D eigenvalue weighted by molar-refractivity contribution is 14.1. The molecule has 0 spiro atoms. The molecular weight excluding hydrogens is 328 g/mol. The minimum Gasteiger partial charge on any atom is -0.230 e. The molecule has 2 rings (SSSR count). The third-order valence-electron chi connectivity index (χ3n) is 1.40. The fourth-order valence-electron chi connectivity index (χ4n) is 0.895. The summed E-state index contributed by atoms with van der Waals surface area (Å²) in [5.74, 6) is 0. The van der Waals surface area contributed by atoms with Gasteiger partial charge in [-0.25, -0.2) is 4.98 Å². The molecule has 0 saturated carbocycles. The largest absolute Gasteiger partial charge is 0.230 e. The Bertz CT molecular complexity index is 401. The lowest BCUT2D eigenvalue weighted by Crippen LogP contribution is -1.70. The van der Waals surface area contributed by atoms with Crippen LogP contribution in [0.25, 0.3) is 10.2 Å². The first-order valence-corrected chi connectivity index (χ1v) is 5.73. The Morgan fingerprint density at radius 2 is 1.92 bits per heavy atom. The molecule has 0 aliphatic rings. The van der Waals surface area contributed by atoms with Crippen molar-refractivity contribution in [2.45, 2.75) is 0 Å². The maximum Gasteiger partial charge on any atom is 0.155 e. The molecule has 62 valence electrons. The summed E-state index contributed by atoms with van der Waals surface area (Å²) in [6.07, 6.45) is 0. The fourth-order valence-corrected chi connectivity index (χ4v) is 2.96. The van der Waals surface area contributed by atoms with Gasteiger partial charge in [0.25, 0.3) is 0 Å². The number of halogens is 3. The molecule has 1 aromatic heterocycles. The number of benzene rings is 1. The first-order valence-electron chi connectivity index (χ1n) is 3.08. The van der Waals surface area contributed by atoms with E-state index in [9.17, 15) is 0 Å². The van der Waals surface area contributed by atoms with Gasteiger partial charge in [-0.15, -0.1) is 11.3 Å². The first kappa shape index (κ1) is 8.99. The van der Waals surface area contributed by atoms with Crippen LogP contribution in [0.4, 0.5) is 0 Å². The Kier molecular flexibility index (Phi) is 2.46. The molecule has 0 bridgehead atoms. The number of aromatic nitrogens is 1. The van der Waals surface area contributed by atoms with Crippen molar-refractivity contribution in [3.05, 3.63) is 25.2 Å². The molecular formula is C7H2Cl2INS. The highest BCUT2D eigenvalue weighted by Crippen LogP contribution is 2.31. The standard InChI is InChI=1S/C7H2Cl2INS/c8-3-1-5-6(2-4(3)9)12-7(10)11-5/h1-2H. The first-order chi connectivity index (χ1) is 5.66. The van der Waals surface area contributed by atoms with Gasteiger partial charge in [0.05, 0.1) is 20.3 Å². The fraction of sp³-hybridized carbons (Fsp3) is 0. The van der Waals surface area contributed by atoms with Gasteiger partial charge in [-0.3, -0.25) is 0 Å². The van der Waals surface area contributed by atoms with Crippen molar-refractivity contribution in [3.63, 3.8) is 0 Å². The van der Waals surface area contributed by atoms with E-state index in [0.717, 1.165) is 13.2 Å². The molecule has 5 heteroatoms. The Labute approximate surface area is 96.8 Å². The molecule has 12 heavy (non-hydrogen) atoms. The molecule has 0 atom stereocenters. The van der Waals surface area contributed by atoms with Crippen LogP contribution in [0.3, 0.4) is 0 Å². The zero-order valence-corrected chi connectivity index (χ0v) is 10.1. The Morgan fingerprint density at radius 3 is 2.67 bits per heavy atom. The van der Waals surface area contributed by atoms with Crippen LogP contribution in [-0.2, 0) is 0 Å². The number of nitrogens with zero attached hydrogens (tertiary/aromatic N) is 1. The van der Waals surface area contributed by atoms with E-state index in [1.54, 1.807) is 17.4 Å². The molecule has 1 heterocycles. The van der Waals surface area contributed by atoms with Crippen molar-refractivity contribution in [2.75, 3.05) is 0 Å². The van der Waals surface area contributed by atoms with Gasteiger partial charge in [0, 0.05) is 0 Å². The monoisotopic (exact) mass is 329 g/mol. The summed E-state index contributed by atoms with van der Waals surface area (Å²) in [5, 5.41) is 1.15. The maximum absolute atomic E-state index is 5.84. The lowest BCUT2D eigenvalue weighted by molar-refractivity contribution is 1.45. The van der Waals surface area contributed by atoms with Gasteiger partial charge < -0.3 is 0 Å². The normalized spacial score (nSPS) is 10.9. The summed E-state index contributed by atoms with van der Waals surface area (Å²) in [5.41, 5.74) is 0.916. The van der Waals surface area contributed by atoms with Gasteiger partial charge >= 0.3 is 0 Å².